The molecule has 2 aromatic rings. The number of benzene rings is 1. The molecule has 0 bridgehead atoms. The molecule has 0 radical (unpaired) electrons. The van der Waals surface area contributed by atoms with E-state index in [4.69, 9.17) is 9.52 Å². The van der Waals surface area contributed by atoms with Crippen LogP contribution in [0.1, 0.15) is 16.1 Å². The third-order valence-electron chi connectivity index (χ3n) is 2.47. The van der Waals surface area contributed by atoms with Gasteiger partial charge in [-0.15, -0.1) is 0 Å². The number of furan rings is 1. The van der Waals surface area contributed by atoms with Crippen LogP contribution in [0.4, 0.5) is 4.39 Å². The lowest BCUT2D eigenvalue weighted by Crippen LogP contribution is -2.09. The van der Waals surface area contributed by atoms with E-state index in [0.29, 0.717) is 0 Å². The highest BCUT2D eigenvalue weighted by molar-refractivity contribution is 7.90. The molecule has 0 saturated carbocycles. The number of aromatic carboxylic acids is 1. The highest BCUT2D eigenvalue weighted by atomic mass is 32.2. The third-order valence-corrected chi connectivity index (χ3v) is 4.11. The Labute approximate surface area is 108 Å². The Kier molecular flexibility index (Phi) is 3.39. The van der Waals surface area contributed by atoms with Crippen molar-refractivity contribution in [3.63, 3.8) is 0 Å². The summed E-state index contributed by atoms with van der Waals surface area (Å²) in [6.07, 6.45) is 1.08. The monoisotopic (exact) mass is 284 g/mol. The summed E-state index contributed by atoms with van der Waals surface area (Å²) in [5.74, 6) is -3.11. The fraction of sp³-hybridized carbons (Fsp3) is 0.0833. The second-order valence-electron chi connectivity index (χ2n) is 3.75. The molecule has 0 unspecified atom stereocenters. The molecule has 0 saturated heterocycles. The van der Waals surface area contributed by atoms with Crippen LogP contribution in [-0.2, 0) is 15.6 Å². The molecule has 5 nitrogen and oxygen atoms in total. The summed E-state index contributed by atoms with van der Waals surface area (Å²) in [5.41, 5.74) is -0.250. The fourth-order valence-electron chi connectivity index (χ4n) is 1.59. The Morgan fingerprint density at radius 2 is 1.95 bits per heavy atom. The van der Waals surface area contributed by atoms with Gasteiger partial charge in [-0.2, -0.15) is 0 Å². The van der Waals surface area contributed by atoms with Gasteiger partial charge in [0.15, 0.2) is 9.84 Å². The quantitative estimate of drug-likeness (QED) is 0.929. The van der Waals surface area contributed by atoms with Crippen molar-refractivity contribution in [2.75, 3.05) is 0 Å². The average molecular weight is 284 g/mol. The minimum Gasteiger partial charge on any atom is -0.478 e. The third kappa shape index (κ3) is 2.65. The molecule has 19 heavy (non-hydrogen) atoms. The first-order chi connectivity index (χ1) is 8.92. The largest absolute Gasteiger partial charge is 0.478 e. The first-order valence-electron chi connectivity index (χ1n) is 5.19. The van der Waals surface area contributed by atoms with E-state index < -0.39 is 32.3 Å². The van der Waals surface area contributed by atoms with Crippen molar-refractivity contribution in [1.29, 1.82) is 0 Å². The molecule has 7 heteroatoms. The summed E-state index contributed by atoms with van der Waals surface area (Å²) in [5, 5.41) is 8.85. The van der Waals surface area contributed by atoms with Gasteiger partial charge in [0, 0.05) is 0 Å². The van der Waals surface area contributed by atoms with Crippen molar-refractivity contribution in [2.45, 2.75) is 10.6 Å². The summed E-state index contributed by atoms with van der Waals surface area (Å²) >= 11 is 0. The van der Waals surface area contributed by atoms with E-state index in [1.807, 2.05) is 0 Å². The van der Waals surface area contributed by atoms with E-state index in [0.717, 1.165) is 24.5 Å². The maximum Gasteiger partial charge on any atom is 0.339 e. The van der Waals surface area contributed by atoms with Crippen LogP contribution in [0, 0.1) is 5.82 Å². The van der Waals surface area contributed by atoms with Crippen LogP contribution in [0.15, 0.2) is 45.9 Å². The molecule has 0 aliphatic carbocycles. The van der Waals surface area contributed by atoms with Gasteiger partial charge in [-0.05, 0) is 18.2 Å². The number of hydrogen-bond acceptors (Lipinski definition) is 4. The molecule has 1 heterocycles. The first kappa shape index (κ1) is 13.3. The lowest BCUT2D eigenvalue weighted by atomic mass is 10.3. The highest BCUT2D eigenvalue weighted by Crippen LogP contribution is 2.21. The molecular formula is C12H9FO5S. The lowest BCUT2D eigenvalue weighted by Gasteiger charge is -2.04. The van der Waals surface area contributed by atoms with Gasteiger partial charge in [-0.25, -0.2) is 17.6 Å². The van der Waals surface area contributed by atoms with E-state index in [1.54, 1.807) is 0 Å². The fourth-order valence-corrected chi connectivity index (χ4v) is 2.97. The van der Waals surface area contributed by atoms with Crippen LogP contribution in [-0.4, -0.2) is 19.5 Å². The summed E-state index contributed by atoms with van der Waals surface area (Å²) in [6, 6.07) is 6.04. The van der Waals surface area contributed by atoms with Gasteiger partial charge in [0.2, 0.25) is 0 Å². The summed E-state index contributed by atoms with van der Waals surface area (Å²) in [6.45, 7) is 0. The van der Waals surface area contributed by atoms with Gasteiger partial charge in [0.25, 0.3) is 0 Å². The smallest absolute Gasteiger partial charge is 0.339 e. The number of carbonyl (C=O) groups is 1. The van der Waals surface area contributed by atoms with Gasteiger partial charge in [-0.3, -0.25) is 0 Å². The van der Waals surface area contributed by atoms with Crippen LogP contribution in [0.3, 0.4) is 0 Å². The Morgan fingerprint density at radius 1 is 1.26 bits per heavy atom. The van der Waals surface area contributed by atoms with Crippen molar-refractivity contribution < 1.29 is 27.1 Å². The Bertz CT molecular complexity index is 717. The molecule has 1 aromatic heterocycles. The lowest BCUT2D eigenvalue weighted by molar-refractivity contribution is 0.0695. The standard InChI is InChI=1S/C12H9FO5S/c13-9-3-1-2-4-11(9)19(16,17)7-10-8(12(14)15)5-6-18-10/h1-6H,7H2,(H,14,15). The van der Waals surface area contributed by atoms with Crippen LogP contribution < -0.4 is 0 Å². The van der Waals surface area contributed by atoms with Crippen molar-refractivity contribution in [3.8, 4) is 0 Å². The second-order valence-corrected chi connectivity index (χ2v) is 5.71. The van der Waals surface area contributed by atoms with E-state index in [2.05, 4.69) is 0 Å². The van der Waals surface area contributed by atoms with Crippen molar-refractivity contribution in [3.05, 3.63) is 53.7 Å². The summed E-state index contributed by atoms with van der Waals surface area (Å²) < 4.78 is 42.3. The van der Waals surface area contributed by atoms with Crippen molar-refractivity contribution in [2.24, 2.45) is 0 Å². The van der Waals surface area contributed by atoms with E-state index in [9.17, 15) is 17.6 Å². The topological polar surface area (TPSA) is 84.6 Å². The van der Waals surface area contributed by atoms with Gasteiger partial charge < -0.3 is 9.52 Å². The molecule has 1 aromatic carbocycles. The Hall–Kier alpha value is -2.15. The zero-order valence-electron chi connectivity index (χ0n) is 9.54. The van der Waals surface area contributed by atoms with Gasteiger partial charge >= 0.3 is 5.97 Å². The normalized spacial score (nSPS) is 11.4. The first-order valence-corrected chi connectivity index (χ1v) is 6.84. The maximum atomic E-state index is 13.4. The number of carboxylic acids is 1. The molecule has 100 valence electrons. The van der Waals surface area contributed by atoms with Crippen molar-refractivity contribution >= 4 is 15.8 Å². The van der Waals surface area contributed by atoms with Crippen LogP contribution in [0.5, 0.6) is 0 Å². The Balaban J connectivity index is 2.40. The predicted octanol–water partition coefficient (Wildman–Crippen LogP) is 2.09. The van der Waals surface area contributed by atoms with E-state index >= 15 is 0 Å². The molecule has 1 N–H and O–H groups in total. The zero-order chi connectivity index (χ0) is 14.0. The SMILES string of the molecule is O=C(O)c1ccoc1CS(=O)(=O)c1ccccc1F. The molecule has 0 fully saturated rings. The number of rotatable bonds is 4. The van der Waals surface area contributed by atoms with Crippen LogP contribution in [0.2, 0.25) is 0 Å². The molecule has 2 rings (SSSR count). The summed E-state index contributed by atoms with van der Waals surface area (Å²) in [7, 11) is -4.00. The van der Waals surface area contributed by atoms with E-state index in [-0.39, 0.29) is 11.3 Å². The van der Waals surface area contributed by atoms with Gasteiger partial charge in [-0.1, -0.05) is 12.1 Å². The Morgan fingerprint density at radius 3 is 2.58 bits per heavy atom. The van der Waals surface area contributed by atoms with Crippen LogP contribution >= 0.6 is 0 Å². The maximum absolute atomic E-state index is 13.4. The molecule has 0 amide bonds. The van der Waals surface area contributed by atoms with Gasteiger partial charge in [0.05, 0.1) is 6.26 Å². The van der Waals surface area contributed by atoms with E-state index in [1.165, 1.54) is 12.1 Å². The van der Waals surface area contributed by atoms with Gasteiger partial charge in [0.1, 0.15) is 27.8 Å². The molecule has 0 atom stereocenters. The highest BCUT2D eigenvalue weighted by Gasteiger charge is 2.24. The van der Waals surface area contributed by atoms with Crippen LogP contribution in [0.25, 0.3) is 0 Å². The minimum atomic E-state index is -4.00. The number of carboxylic acid groups (broad SMARTS) is 1. The number of hydrogen-bond donors (Lipinski definition) is 1. The summed E-state index contributed by atoms with van der Waals surface area (Å²) in [4.78, 5) is 10.4. The number of halogens is 1. The molecule has 0 aliphatic rings. The number of sulfone groups is 1. The zero-order valence-corrected chi connectivity index (χ0v) is 10.4. The minimum absolute atomic E-state index is 0.226. The predicted molar refractivity (Wildman–Crippen MR) is 63.0 cm³/mol. The molecule has 0 spiro atoms. The molecule has 0 aliphatic heterocycles. The second kappa shape index (κ2) is 4.85. The van der Waals surface area contributed by atoms with Crippen molar-refractivity contribution in [1.82, 2.24) is 0 Å². The average Bonchev–Trinajstić information content (AvgIpc) is 2.76. The molecular weight excluding hydrogens is 275 g/mol.